The third-order valence-electron chi connectivity index (χ3n) is 3.21. The molecule has 0 aliphatic rings. The molecular formula is C16H26N2O4. The molecule has 6 heteroatoms. The molecule has 0 bridgehead atoms. The van der Waals surface area contributed by atoms with Gasteiger partial charge in [-0.1, -0.05) is 12.1 Å². The van der Waals surface area contributed by atoms with E-state index in [1.54, 1.807) is 45.9 Å². The summed E-state index contributed by atoms with van der Waals surface area (Å²) < 4.78 is 5.09. The maximum Gasteiger partial charge on any atom is 0.407 e. The minimum atomic E-state index is -1.05. The number of nitrogens with two attached hydrogens (primary N) is 1. The van der Waals surface area contributed by atoms with Gasteiger partial charge in [0.2, 0.25) is 0 Å². The predicted molar refractivity (Wildman–Crippen MR) is 85.4 cm³/mol. The lowest BCUT2D eigenvalue weighted by Gasteiger charge is -2.22. The Hall–Kier alpha value is -1.79. The fourth-order valence-corrected chi connectivity index (χ4v) is 1.99. The van der Waals surface area contributed by atoms with Crippen molar-refractivity contribution in [3.63, 3.8) is 0 Å². The Balaban J connectivity index is 2.50. The lowest BCUT2D eigenvalue weighted by Crippen LogP contribution is -2.34. The normalized spacial score (nSPS) is 14.3. The Morgan fingerprint density at radius 3 is 2.59 bits per heavy atom. The highest BCUT2D eigenvalue weighted by Gasteiger charge is 2.21. The molecule has 0 fully saturated rings. The molecule has 2 unspecified atom stereocenters. The van der Waals surface area contributed by atoms with Crippen molar-refractivity contribution in [2.24, 2.45) is 0 Å². The average molecular weight is 310 g/mol. The van der Waals surface area contributed by atoms with E-state index < -0.39 is 23.9 Å². The van der Waals surface area contributed by atoms with Gasteiger partial charge in [0.15, 0.2) is 0 Å². The number of rotatable bonds is 5. The van der Waals surface area contributed by atoms with Crippen LogP contribution in [0.2, 0.25) is 0 Å². The standard InChI is InChI=1S/C16H26N2O4/c1-10-11(6-5-7-12(10)17)14(20)13(19)8-9-18-15(21)22-16(2,3)4/h5-7,13-14,19-20H,8-9,17H2,1-4H3,(H,18,21). The number of benzene rings is 1. The maximum absolute atomic E-state index is 11.5. The van der Waals surface area contributed by atoms with Crippen molar-refractivity contribution in [1.29, 1.82) is 0 Å². The van der Waals surface area contributed by atoms with Crippen LogP contribution in [0.4, 0.5) is 10.5 Å². The zero-order valence-corrected chi connectivity index (χ0v) is 13.6. The third-order valence-corrected chi connectivity index (χ3v) is 3.21. The number of alkyl carbamates (subject to hydrolysis) is 1. The van der Waals surface area contributed by atoms with E-state index in [2.05, 4.69) is 5.32 Å². The molecule has 1 aromatic rings. The lowest BCUT2D eigenvalue weighted by atomic mass is 9.97. The van der Waals surface area contributed by atoms with E-state index in [9.17, 15) is 15.0 Å². The van der Waals surface area contributed by atoms with Crippen molar-refractivity contribution in [2.75, 3.05) is 12.3 Å². The van der Waals surface area contributed by atoms with E-state index in [4.69, 9.17) is 10.5 Å². The van der Waals surface area contributed by atoms with Gasteiger partial charge in [-0.25, -0.2) is 4.79 Å². The summed E-state index contributed by atoms with van der Waals surface area (Å²) in [5.74, 6) is 0. The second kappa shape index (κ2) is 7.47. The highest BCUT2D eigenvalue weighted by atomic mass is 16.6. The summed E-state index contributed by atoms with van der Waals surface area (Å²) in [6.45, 7) is 7.31. The number of hydrogen-bond donors (Lipinski definition) is 4. The van der Waals surface area contributed by atoms with Crippen molar-refractivity contribution < 1.29 is 19.7 Å². The SMILES string of the molecule is Cc1c(N)cccc1C(O)C(O)CCNC(=O)OC(C)(C)C. The third kappa shape index (κ3) is 5.54. The molecule has 0 saturated carbocycles. The molecule has 2 atom stereocenters. The maximum atomic E-state index is 11.5. The monoisotopic (exact) mass is 310 g/mol. The molecule has 1 aromatic carbocycles. The van der Waals surface area contributed by atoms with E-state index in [1.807, 2.05) is 0 Å². The number of hydrogen-bond acceptors (Lipinski definition) is 5. The van der Waals surface area contributed by atoms with Crippen molar-refractivity contribution >= 4 is 11.8 Å². The summed E-state index contributed by atoms with van der Waals surface area (Å²) >= 11 is 0. The molecular weight excluding hydrogens is 284 g/mol. The number of carbonyl (C=O) groups excluding carboxylic acids is 1. The number of ether oxygens (including phenoxy) is 1. The van der Waals surface area contributed by atoms with Gasteiger partial charge in [0.05, 0.1) is 6.10 Å². The molecule has 124 valence electrons. The van der Waals surface area contributed by atoms with Crippen LogP contribution in [-0.4, -0.2) is 34.6 Å². The van der Waals surface area contributed by atoms with Crippen LogP contribution in [0, 0.1) is 6.92 Å². The highest BCUT2D eigenvalue weighted by molar-refractivity contribution is 5.67. The van der Waals surface area contributed by atoms with Gasteiger partial charge in [-0.2, -0.15) is 0 Å². The Labute approximate surface area is 131 Å². The fraction of sp³-hybridized carbons (Fsp3) is 0.562. The first kappa shape index (κ1) is 18.3. The molecule has 0 aliphatic carbocycles. The zero-order valence-electron chi connectivity index (χ0n) is 13.6. The van der Waals surface area contributed by atoms with Crippen LogP contribution in [0.25, 0.3) is 0 Å². The van der Waals surface area contributed by atoms with Gasteiger partial charge in [-0.15, -0.1) is 0 Å². The van der Waals surface area contributed by atoms with Gasteiger partial charge in [-0.3, -0.25) is 0 Å². The van der Waals surface area contributed by atoms with Crippen LogP contribution < -0.4 is 11.1 Å². The zero-order chi connectivity index (χ0) is 16.9. The second-order valence-electron chi connectivity index (χ2n) is 6.29. The summed E-state index contributed by atoms with van der Waals surface area (Å²) in [5.41, 5.74) is 7.12. The molecule has 0 aliphatic heterocycles. The quantitative estimate of drug-likeness (QED) is 0.622. The summed E-state index contributed by atoms with van der Waals surface area (Å²) in [4.78, 5) is 11.5. The molecule has 0 radical (unpaired) electrons. The molecule has 0 heterocycles. The van der Waals surface area contributed by atoms with Crippen LogP contribution >= 0.6 is 0 Å². The highest BCUT2D eigenvalue weighted by Crippen LogP contribution is 2.25. The first-order valence-corrected chi connectivity index (χ1v) is 7.30. The number of anilines is 1. The Kier molecular flexibility index (Phi) is 6.20. The number of carbonyl (C=O) groups is 1. The summed E-state index contributed by atoms with van der Waals surface area (Å²) in [5, 5.41) is 22.8. The van der Waals surface area contributed by atoms with Crippen molar-refractivity contribution in [3.8, 4) is 0 Å². The molecule has 0 aromatic heterocycles. The van der Waals surface area contributed by atoms with Crippen LogP contribution in [0.5, 0.6) is 0 Å². The van der Waals surface area contributed by atoms with Gasteiger partial charge in [0, 0.05) is 12.2 Å². The molecule has 5 N–H and O–H groups in total. The Morgan fingerprint density at radius 1 is 1.36 bits per heavy atom. The Bertz CT molecular complexity index is 511. The minimum absolute atomic E-state index is 0.203. The predicted octanol–water partition coefficient (Wildman–Crippen LogP) is 1.89. The van der Waals surface area contributed by atoms with Gasteiger partial charge in [0.25, 0.3) is 0 Å². The number of aliphatic hydroxyl groups excluding tert-OH is 2. The van der Waals surface area contributed by atoms with Gasteiger partial charge in [-0.05, 0) is 51.3 Å². The van der Waals surface area contributed by atoms with Gasteiger partial charge >= 0.3 is 6.09 Å². The van der Waals surface area contributed by atoms with E-state index in [-0.39, 0.29) is 13.0 Å². The van der Waals surface area contributed by atoms with Crippen molar-refractivity contribution in [3.05, 3.63) is 29.3 Å². The summed E-state index contributed by atoms with van der Waals surface area (Å²) in [7, 11) is 0. The van der Waals surface area contributed by atoms with Crippen molar-refractivity contribution in [1.82, 2.24) is 5.32 Å². The van der Waals surface area contributed by atoms with Crippen LogP contribution in [0.15, 0.2) is 18.2 Å². The summed E-state index contributed by atoms with van der Waals surface area (Å²) in [6.07, 6.45) is -2.40. The average Bonchev–Trinajstić information content (AvgIpc) is 2.39. The largest absolute Gasteiger partial charge is 0.444 e. The molecule has 6 nitrogen and oxygen atoms in total. The molecule has 0 saturated heterocycles. The van der Waals surface area contributed by atoms with Crippen LogP contribution in [0.3, 0.4) is 0 Å². The van der Waals surface area contributed by atoms with Gasteiger partial charge in [0.1, 0.15) is 11.7 Å². The molecule has 1 rings (SSSR count). The first-order chi connectivity index (χ1) is 10.1. The molecule has 1 amide bonds. The fourth-order valence-electron chi connectivity index (χ4n) is 1.99. The summed E-state index contributed by atoms with van der Waals surface area (Å²) in [6, 6.07) is 5.19. The van der Waals surface area contributed by atoms with E-state index >= 15 is 0 Å². The number of nitrogens with one attached hydrogen (secondary N) is 1. The van der Waals surface area contributed by atoms with E-state index in [0.29, 0.717) is 11.3 Å². The first-order valence-electron chi connectivity index (χ1n) is 7.30. The molecule has 0 spiro atoms. The smallest absolute Gasteiger partial charge is 0.407 e. The topological polar surface area (TPSA) is 105 Å². The minimum Gasteiger partial charge on any atom is -0.444 e. The number of nitrogen functional groups attached to an aromatic ring is 1. The number of aliphatic hydroxyl groups is 2. The Morgan fingerprint density at radius 2 is 2.00 bits per heavy atom. The van der Waals surface area contributed by atoms with Gasteiger partial charge < -0.3 is 26.0 Å². The lowest BCUT2D eigenvalue weighted by molar-refractivity contribution is 0.0120. The van der Waals surface area contributed by atoms with E-state index in [0.717, 1.165) is 5.56 Å². The second-order valence-corrected chi connectivity index (χ2v) is 6.29. The van der Waals surface area contributed by atoms with Crippen LogP contribution in [-0.2, 0) is 4.74 Å². The molecule has 22 heavy (non-hydrogen) atoms. The number of amides is 1. The van der Waals surface area contributed by atoms with Crippen molar-refractivity contribution in [2.45, 2.75) is 51.9 Å². The van der Waals surface area contributed by atoms with Crippen LogP contribution in [0.1, 0.15) is 44.4 Å². The van der Waals surface area contributed by atoms with E-state index in [1.165, 1.54) is 0 Å².